The zero-order valence-corrected chi connectivity index (χ0v) is 17.3. The Bertz CT molecular complexity index is 576. The number of rotatable bonds is 12. The lowest BCUT2D eigenvalue weighted by molar-refractivity contribution is 0.398. The van der Waals surface area contributed by atoms with Crippen LogP contribution in [0, 0.1) is 19.8 Å². The largest absolute Gasteiger partial charge is 0.0654 e. The lowest BCUT2D eigenvalue weighted by atomic mass is 9.87. The lowest BCUT2D eigenvalue weighted by Crippen LogP contribution is -2.06. The predicted octanol–water partition coefficient (Wildman–Crippen LogP) is 7.85. The summed E-state index contributed by atoms with van der Waals surface area (Å²) in [5.41, 5.74) is 5.99. The fourth-order valence-electron chi connectivity index (χ4n) is 3.97. The number of benzene rings is 2. The Morgan fingerprint density at radius 1 is 0.615 bits per heavy atom. The standard InChI is InChI=1S/C26H38/c1-4-5-6-7-8-15-24(18-20-25-16-11-9-13-22(25)2)19-21-26-17-12-10-14-23(26)3/h9-14,16-17,24H,4-8,15,18-21H2,1-3H3. The number of hydrogen-bond acceptors (Lipinski definition) is 0. The summed E-state index contributed by atoms with van der Waals surface area (Å²) in [6.07, 6.45) is 13.5. The first kappa shape index (κ1) is 20.7. The maximum Gasteiger partial charge on any atom is -0.0274 e. The third-order valence-corrected chi connectivity index (χ3v) is 5.88. The van der Waals surface area contributed by atoms with Gasteiger partial charge in [0.05, 0.1) is 0 Å². The van der Waals surface area contributed by atoms with Gasteiger partial charge in [0, 0.05) is 0 Å². The van der Waals surface area contributed by atoms with Crippen LogP contribution in [0.1, 0.15) is 80.5 Å². The van der Waals surface area contributed by atoms with Gasteiger partial charge in [-0.25, -0.2) is 0 Å². The molecule has 0 heteroatoms. The maximum absolute atomic E-state index is 2.31. The highest BCUT2D eigenvalue weighted by Gasteiger charge is 2.11. The fourth-order valence-corrected chi connectivity index (χ4v) is 3.97. The van der Waals surface area contributed by atoms with Crippen LogP contribution < -0.4 is 0 Å². The summed E-state index contributed by atoms with van der Waals surface area (Å²) >= 11 is 0. The van der Waals surface area contributed by atoms with Crippen LogP contribution in [0.2, 0.25) is 0 Å². The van der Waals surface area contributed by atoms with Crippen molar-refractivity contribution in [2.75, 3.05) is 0 Å². The molecular weight excluding hydrogens is 312 g/mol. The van der Waals surface area contributed by atoms with Gasteiger partial charge in [-0.05, 0) is 67.7 Å². The first-order chi connectivity index (χ1) is 12.7. The molecule has 0 aromatic heterocycles. The molecule has 0 N–H and O–H groups in total. The third-order valence-electron chi connectivity index (χ3n) is 5.88. The Morgan fingerprint density at radius 2 is 1.12 bits per heavy atom. The van der Waals surface area contributed by atoms with Crippen molar-refractivity contribution in [1.82, 2.24) is 0 Å². The summed E-state index contributed by atoms with van der Waals surface area (Å²) in [5, 5.41) is 0. The Balaban J connectivity index is 1.87. The minimum Gasteiger partial charge on any atom is -0.0654 e. The van der Waals surface area contributed by atoms with Gasteiger partial charge in [0.25, 0.3) is 0 Å². The van der Waals surface area contributed by atoms with Gasteiger partial charge >= 0.3 is 0 Å². The molecule has 0 saturated carbocycles. The molecule has 2 aromatic rings. The summed E-state index contributed by atoms with van der Waals surface area (Å²) in [7, 11) is 0. The second-order valence-corrected chi connectivity index (χ2v) is 8.00. The number of hydrogen-bond donors (Lipinski definition) is 0. The van der Waals surface area contributed by atoms with Crippen LogP contribution >= 0.6 is 0 Å². The molecule has 0 amide bonds. The third kappa shape index (κ3) is 7.36. The van der Waals surface area contributed by atoms with Crippen molar-refractivity contribution in [2.45, 2.75) is 85.0 Å². The maximum atomic E-state index is 2.31. The Morgan fingerprint density at radius 3 is 1.62 bits per heavy atom. The number of aryl methyl sites for hydroxylation is 4. The van der Waals surface area contributed by atoms with E-state index in [0.29, 0.717) is 0 Å². The predicted molar refractivity (Wildman–Crippen MR) is 116 cm³/mol. The second-order valence-electron chi connectivity index (χ2n) is 8.00. The van der Waals surface area contributed by atoms with Gasteiger partial charge < -0.3 is 0 Å². The quantitative estimate of drug-likeness (QED) is 0.342. The second kappa shape index (κ2) is 11.9. The van der Waals surface area contributed by atoms with Crippen molar-refractivity contribution in [3.05, 3.63) is 70.8 Å². The molecule has 0 nitrogen and oxygen atoms in total. The molecule has 2 rings (SSSR count). The SMILES string of the molecule is CCCCCCCC(CCc1ccccc1C)CCc1ccccc1C. The minimum atomic E-state index is 0.857. The van der Waals surface area contributed by atoms with Crippen LogP contribution in [0.25, 0.3) is 0 Å². The molecule has 0 unspecified atom stereocenters. The van der Waals surface area contributed by atoms with E-state index in [1.807, 2.05) is 0 Å². The zero-order valence-electron chi connectivity index (χ0n) is 17.3. The van der Waals surface area contributed by atoms with E-state index in [-0.39, 0.29) is 0 Å². The van der Waals surface area contributed by atoms with E-state index in [0.717, 1.165) is 5.92 Å². The van der Waals surface area contributed by atoms with E-state index in [4.69, 9.17) is 0 Å². The van der Waals surface area contributed by atoms with Crippen LogP contribution in [0.4, 0.5) is 0 Å². The molecule has 26 heavy (non-hydrogen) atoms. The minimum absolute atomic E-state index is 0.857. The Kier molecular flexibility index (Phi) is 9.53. The molecule has 0 saturated heterocycles. The van der Waals surface area contributed by atoms with Crippen molar-refractivity contribution in [3.8, 4) is 0 Å². The van der Waals surface area contributed by atoms with E-state index in [1.54, 1.807) is 11.1 Å². The molecule has 0 radical (unpaired) electrons. The average molecular weight is 351 g/mol. The molecule has 0 aliphatic heterocycles. The molecule has 0 aliphatic rings. The van der Waals surface area contributed by atoms with Gasteiger partial charge in [-0.15, -0.1) is 0 Å². The molecule has 0 aliphatic carbocycles. The normalized spacial score (nSPS) is 11.2. The highest BCUT2D eigenvalue weighted by Crippen LogP contribution is 2.24. The molecule has 0 heterocycles. The smallest absolute Gasteiger partial charge is 0.0274 e. The fraction of sp³-hybridized carbons (Fsp3) is 0.538. The van der Waals surface area contributed by atoms with E-state index in [2.05, 4.69) is 69.3 Å². The number of unbranched alkanes of at least 4 members (excludes halogenated alkanes) is 4. The monoisotopic (exact) mass is 350 g/mol. The lowest BCUT2D eigenvalue weighted by Gasteiger charge is -2.18. The summed E-state index contributed by atoms with van der Waals surface area (Å²) in [6, 6.07) is 17.8. The summed E-state index contributed by atoms with van der Waals surface area (Å²) in [4.78, 5) is 0. The van der Waals surface area contributed by atoms with Crippen molar-refractivity contribution in [3.63, 3.8) is 0 Å². The van der Waals surface area contributed by atoms with Crippen LogP contribution in [0.3, 0.4) is 0 Å². The highest BCUT2D eigenvalue weighted by molar-refractivity contribution is 5.26. The summed E-state index contributed by atoms with van der Waals surface area (Å²) in [5.74, 6) is 0.857. The van der Waals surface area contributed by atoms with Crippen molar-refractivity contribution < 1.29 is 0 Å². The highest BCUT2D eigenvalue weighted by atomic mass is 14.2. The summed E-state index contributed by atoms with van der Waals surface area (Å²) in [6.45, 7) is 6.80. The van der Waals surface area contributed by atoms with Gasteiger partial charge in [0.2, 0.25) is 0 Å². The molecule has 0 spiro atoms. The van der Waals surface area contributed by atoms with E-state index in [9.17, 15) is 0 Å². The molecule has 0 atom stereocenters. The van der Waals surface area contributed by atoms with E-state index >= 15 is 0 Å². The molecule has 0 fully saturated rings. The topological polar surface area (TPSA) is 0 Å². The van der Waals surface area contributed by atoms with Crippen LogP contribution in [-0.4, -0.2) is 0 Å². The van der Waals surface area contributed by atoms with E-state index < -0.39 is 0 Å². The Labute approximate surface area is 162 Å². The average Bonchev–Trinajstić information content (AvgIpc) is 2.65. The van der Waals surface area contributed by atoms with Gasteiger partial charge in [0.15, 0.2) is 0 Å². The Hall–Kier alpha value is -1.56. The summed E-state index contributed by atoms with van der Waals surface area (Å²) < 4.78 is 0. The van der Waals surface area contributed by atoms with Crippen LogP contribution in [-0.2, 0) is 12.8 Å². The zero-order chi connectivity index (χ0) is 18.6. The van der Waals surface area contributed by atoms with Gasteiger partial charge in [-0.1, -0.05) is 94.0 Å². The molecule has 142 valence electrons. The van der Waals surface area contributed by atoms with Crippen molar-refractivity contribution in [2.24, 2.45) is 5.92 Å². The molecular formula is C26H38. The first-order valence-electron chi connectivity index (χ1n) is 10.8. The van der Waals surface area contributed by atoms with Crippen molar-refractivity contribution in [1.29, 1.82) is 0 Å². The van der Waals surface area contributed by atoms with Crippen LogP contribution in [0.5, 0.6) is 0 Å². The first-order valence-corrected chi connectivity index (χ1v) is 10.8. The molecule has 2 aromatic carbocycles. The van der Waals surface area contributed by atoms with Crippen molar-refractivity contribution >= 4 is 0 Å². The van der Waals surface area contributed by atoms with Crippen LogP contribution in [0.15, 0.2) is 48.5 Å². The van der Waals surface area contributed by atoms with E-state index in [1.165, 1.54) is 75.3 Å². The molecule has 0 bridgehead atoms. The van der Waals surface area contributed by atoms with Gasteiger partial charge in [-0.3, -0.25) is 0 Å². The van der Waals surface area contributed by atoms with Gasteiger partial charge in [0.1, 0.15) is 0 Å². The van der Waals surface area contributed by atoms with Gasteiger partial charge in [-0.2, -0.15) is 0 Å².